The minimum Gasteiger partial charge on any atom is -0.355 e. The zero-order valence-electron chi connectivity index (χ0n) is 11.9. The summed E-state index contributed by atoms with van der Waals surface area (Å²) >= 11 is 0. The zero-order valence-corrected chi connectivity index (χ0v) is 11.9. The van der Waals surface area contributed by atoms with Crippen molar-refractivity contribution in [1.29, 1.82) is 0 Å². The molecule has 0 spiro atoms. The Labute approximate surface area is 116 Å². The highest BCUT2D eigenvalue weighted by atomic mass is 16.2. The topological polar surface area (TPSA) is 58.4 Å². The second kappa shape index (κ2) is 7.65. The maximum Gasteiger partial charge on any atom is 0.234 e. The summed E-state index contributed by atoms with van der Waals surface area (Å²) in [6.45, 7) is 4.07. The molecule has 2 rings (SSSR count). The van der Waals surface area contributed by atoms with Crippen LogP contribution in [-0.4, -0.2) is 43.5 Å². The highest BCUT2D eigenvalue weighted by Gasteiger charge is 2.22. The lowest BCUT2D eigenvalue weighted by molar-refractivity contribution is -0.122. The third-order valence-corrected chi connectivity index (χ3v) is 4.22. The summed E-state index contributed by atoms with van der Waals surface area (Å²) < 4.78 is 0. The Bertz CT molecular complexity index is 327. The molecule has 0 aromatic rings. The number of nitrogens with zero attached hydrogens (tertiary/aromatic N) is 1. The van der Waals surface area contributed by atoms with Crippen LogP contribution in [0.4, 0.5) is 0 Å². The zero-order chi connectivity index (χ0) is 13.5. The van der Waals surface area contributed by atoms with E-state index in [0.717, 1.165) is 39.0 Å². The molecule has 1 saturated heterocycles. The second-order valence-electron chi connectivity index (χ2n) is 5.83. The van der Waals surface area contributed by atoms with E-state index in [9.17, 15) is 4.79 Å². The molecule has 1 aliphatic carbocycles. The molecule has 1 unspecified atom stereocenters. The van der Waals surface area contributed by atoms with E-state index in [0.29, 0.717) is 12.5 Å². The van der Waals surface area contributed by atoms with Gasteiger partial charge in [0.25, 0.3) is 0 Å². The number of amides is 1. The molecule has 1 heterocycles. The van der Waals surface area contributed by atoms with Gasteiger partial charge in [0.2, 0.25) is 5.91 Å². The van der Waals surface area contributed by atoms with Crippen LogP contribution in [0.1, 0.15) is 38.5 Å². The number of hydrogen-bond donors (Lipinski definition) is 2. The third-order valence-electron chi connectivity index (χ3n) is 4.22. The smallest absolute Gasteiger partial charge is 0.234 e. The first-order chi connectivity index (χ1) is 9.28. The average molecular weight is 265 g/mol. The Kier molecular flexibility index (Phi) is 5.86. The fraction of sp³-hybridized carbons (Fsp3) is 0.800. The molecule has 108 valence electrons. The largest absolute Gasteiger partial charge is 0.355 e. The van der Waals surface area contributed by atoms with E-state index in [4.69, 9.17) is 5.73 Å². The highest BCUT2D eigenvalue weighted by Crippen LogP contribution is 2.19. The van der Waals surface area contributed by atoms with Crippen LogP contribution in [0.25, 0.3) is 0 Å². The van der Waals surface area contributed by atoms with Crippen LogP contribution < -0.4 is 11.1 Å². The van der Waals surface area contributed by atoms with Gasteiger partial charge in [-0.15, -0.1) is 0 Å². The summed E-state index contributed by atoms with van der Waals surface area (Å²) in [5.74, 6) is 0.745. The second-order valence-corrected chi connectivity index (χ2v) is 5.83. The minimum atomic E-state index is 0.161. The first kappa shape index (κ1) is 14.5. The van der Waals surface area contributed by atoms with Crippen LogP contribution in [-0.2, 0) is 4.79 Å². The number of nitrogens with one attached hydrogen (secondary N) is 1. The van der Waals surface area contributed by atoms with E-state index in [1.165, 1.54) is 31.3 Å². The molecule has 1 atom stereocenters. The van der Waals surface area contributed by atoms with Crippen molar-refractivity contribution < 1.29 is 4.79 Å². The van der Waals surface area contributed by atoms with Gasteiger partial charge in [-0.05, 0) is 57.5 Å². The molecule has 2 aliphatic rings. The van der Waals surface area contributed by atoms with E-state index in [1.54, 1.807) is 0 Å². The predicted molar refractivity (Wildman–Crippen MR) is 77.8 cm³/mol. The van der Waals surface area contributed by atoms with Gasteiger partial charge >= 0.3 is 0 Å². The molecule has 4 heteroatoms. The van der Waals surface area contributed by atoms with Crippen LogP contribution in [0.2, 0.25) is 0 Å². The van der Waals surface area contributed by atoms with Crippen molar-refractivity contribution >= 4 is 5.91 Å². The molecule has 0 aromatic carbocycles. The van der Waals surface area contributed by atoms with Gasteiger partial charge in [0, 0.05) is 13.1 Å². The summed E-state index contributed by atoms with van der Waals surface area (Å²) in [5, 5.41) is 3.04. The first-order valence-corrected chi connectivity index (χ1v) is 7.65. The van der Waals surface area contributed by atoms with Gasteiger partial charge in [0.05, 0.1) is 6.54 Å². The van der Waals surface area contributed by atoms with E-state index in [1.807, 2.05) is 0 Å². The number of hydrogen-bond acceptors (Lipinski definition) is 3. The molecule has 0 aromatic heterocycles. The van der Waals surface area contributed by atoms with Crippen LogP contribution in [0, 0.1) is 5.92 Å². The summed E-state index contributed by atoms with van der Waals surface area (Å²) in [7, 11) is 0. The van der Waals surface area contributed by atoms with Crippen molar-refractivity contribution in [3.8, 4) is 0 Å². The van der Waals surface area contributed by atoms with Gasteiger partial charge in [0.15, 0.2) is 0 Å². The normalized spacial score (nSPS) is 24.3. The monoisotopic (exact) mass is 265 g/mol. The Morgan fingerprint density at radius 2 is 2.37 bits per heavy atom. The van der Waals surface area contributed by atoms with Gasteiger partial charge in [0.1, 0.15) is 0 Å². The fourth-order valence-corrected chi connectivity index (χ4v) is 3.00. The highest BCUT2D eigenvalue weighted by molar-refractivity contribution is 5.78. The Balaban J connectivity index is 1.58. The van der Waals surface area contributed by atoms with Crippen molar-refractivity contribution in [2.45, 2.75) is 38.5 Å². The molecular formula is C15H27N3O. The van der Waals surface area contributed by atoms with Crippen molar-refractivity contribution in [3.63, 3.8) is 0 Å². The molecule has 19 heavy (non-hydrogen) atoms. The molecular weight excluding hydrogens is 238 g/mol. The van der Waals surface area contributed by atoms with E-state index < -0.39 is 0 Å². The predicted octanol–water partition coefficient (Wildman–Crippen LogP) is 1.27. The van der Waals surface area contributed by atoms with Crippen LogP contribution in [0.3, 0.4) is 0 Å². The first-order valence-electron chi connectivity index (χ1n) is 7.65. The third kappa shape index (κ3) is 4.96. The summed E-state index contributed by atoms with van der Waals surface area (Å²) in [4.78, 5) is 14.0. The summed E-state index contributed by atoms with van der Waals surface area (Å²) in [5.41, 5.74) is 7.18. The van der Waals surface area contributed by atoms with E-state index in [2.05, 4.69) is 16.3 Å². The molecule has 0 bridgehead atoms. The molecule has 3 N–H and O–H groups in total. The molecule has 4 nitrogen and oxygen atoms in total. The Hall–Kier alpha value is -0.870. The van der Waals surface area contributed by atoms with Crippen LogP contribution in [0.5, 0.6) is 0 Å². The Morgan fingerprint density at radius 3 is 3.05 bits per heavy atom. The standard InChI is InChI=1S/C15H27N3O/c16-10-14-7-9-18(11-14)12-15(19)17-8-6-13-4-2-1-3-5-13/h4,14H,1-3,5-12,16H2,(H,17,19). The number of carbonyl (C=O) groups is 1. The van der Waals surface area contributed by atoms with Crippen molar-refractivity contribution in [3.05, 3.63) is 11.6 Å². The summed E-state index contributed by atoms with van der Waals surface area (Å²) in [6, 6.07) is 0. The lowest BCUT2D eigenvalue weighted by atomic mass is 9.97. The lowest BCUT2D eigenvalue weighted by Crippen LogP contribution is -2.37. The number of nitrogens with two attached hydrogens (primary N) is 1. The van der Waals surface area contributed by atoms with Crippen molar-refractivity contribution in [1.82, 2.24) is 10.2 Å². The quantitative estimate of drug-likeness (QED) is 0.711. The maximum absolute atomic E-state index is 11.8. The molecule has 1 amide bonds. The molecule has 0 saturated carbocycles. The van der Waals surface area contributed by atoms with Crippen molar-refractivity contribution in [2.75, 3.05) is 32.7 Å². The van der Waals surface area contributed by atoms with Crippen LogP contribution in [0.15, 0.2) is 11.6 Å². The van der Waals surface area contributed by atoms with Crippen LogP contribution >= 0.6 is 0 Å². The minimum absolute atomic E-state index is 0.161. The van der Waals surface area contributed by atoms with Gasteiger partial charge in [-0.1, -0.05) is 11.6 Å². The molecule has 0 radical (unpaired) electrons. The van der Waals surface area contributed by atoms with Gasteiger partial charge in [-0.2, -0.15) is 0 Å². The fourth-order valence-electron chi connectivity index (χ4n) is 3.00. The molecule has 1 fully saturated rings. The summed E-state index contributed by atoms with van der Waals surface area (Å²) in [6.07, 6.45) is 9.59. The van der Waals surface area contributed by atoms with Crippen molar-refractivity contribution in [2.24, 2.45) is 11.7 Å². The van der Waals surface area contributed by atoms with Gasteiger partial charge < -0.3 is 11.1 Å². The van der Waals surface area contributed by atoms with E-state index >= 15 is 0 Å². The number of likely N-dealkylation sites (tertiary alicyclic amines) is 1. The number of carbonyl (C=O) groups excluding carboxylic acids is 1. The van der Waals surface area contributed by atoms with Gasteiger partial charge in [-0.25, -0.2) is 0 Å². The lowest BCUT2D eigenvalue weighted by Gasteiger charge is -2.16. The SMILES string of the molecule is NCC1CCN(CC(=O)NCCC2=CCCCC2)C1. The maximum atomic E-state index is 11.8. The Morgan fingerprint density at radius 1 is 1.47 bits per heavy atom. The van der Waals surface area contributed by atoms with Gasteiger partial charge in [-0.3, -0.25) is 9.69 Å². The van der Waals surface area contributed by atoms with E-state index in [-0.39, 0.29) is 5.91 Å². The number of allylic oxidation sites excluding steroid dienone is 1. The number of rotatable bonds is 6. The average Bonchev–Trinajstić information content (AvgIpc) is 2.87. The molecule has 1 aliphatic heterocycles.